The Hall–Kier alpha value is -2.11. The molecule has 4 unspecified atom stereocenters. The van der Waals surface area contributed by atoms with E-state index < -0.39 is 36.0 Å². The van der Waals surface area contributed by atoms with E-state index in [1.165, 1.54) is 24.8 Å². The zero-order valence-electron chi connectivity index (χ0n) is 11.5. The average molecular weight is 345 g/mol. The number of nitrogens with zero attached hydrogens (tertiary/aromatic N) is 2. The highest BCUT2D eigenvalue weighted by Crippen LogP contribution is 2.15. The molecule has 0 aromatic carbocycles. The van der Waals surface area contributed by atoms with E-state index in [4.69, 9.17) is 11.9 Å². The lowest BCUT2D eigenvalue weighted by Crippen LogP contribution is -2.50. The van der Waals surface area contributed by atoms with Gasteiger partial charge in [0.25, 0.3) is 0 Å². The van der Waals surface area contributed by atoms with Crippen LogP contribution in [-0.2, 0) is 4.29 Å². The topological polar surface area (TPSA) is 161 Å². The number of rotatable bonds is 8. The Labute approximate surface area is 134 Å². The summed E-state index contributed by atoms with van der Waals surface area (Å²) in [5, 5.41) is 29.8. The number of H-pyrrole nitrogens is 2. The maximum Gasteiger partial charge on any atom is 0.231 e. The summed E-state index contributed by atoms with van der Waals surface area (Å²) in [5.74, 6) is -2.23. The number of carbonyl (C=O) groups is 2. The van der Waals surface area contributed by atoms with Crippen LogP contribution in [0.4, 0.5) is 0 Å². The van der Waals surface area contributed by atoms with Crippen molar-refractivity contribution in [2.75, 3.05) is 0 Å². The minimum absolute atomic E-state index is 0.172. The molecule has 0 aliphatic heterocycles. The van der Waals surface area contributed by atoms with Gasteiger partial charge in [-0.3, -0.25) is 13.9 Å². The first kappa shape index (κ1) is 17.2. The number of halogens is 1. The van der Waals surface area contributed by atoms with E-state index in [9.17, 15) is 24.9 Å². The van der Waals surface area contributed by atoms with Crippen molar-refractivity contribution in [3.63, 3.8) is 0 Å². The number of nitrogens with one attached hydrogen (secondary N) is 2. The predicted molar refractivity (Wildman–Crippen MR) is 74.6 cm³/mol. The zero-order chi connectivity index (χ0) is 17.0. The number of Topliss-reactive ketones (excluding diaryl/α,β-unsaturated/α-hetero) is 2. The maximum absolute atomic E-state index is 12.0. The molecule has 2 rings (SSSR count). The van der Waals surface area contributed by atoms with E-state index in [-0.39, 0.29) is 11.6 Å². The molecule has 0 amide bonds. The molecule has 0 saturated carbocycles. The van der Waals surface area contributed by atoms with E-state index in [2.05, 4.69) is 24.2 Å². The Bertz CT molecular complexity index is 647. The lowest BCUT2D eigenvalue weighted by molar-refractivity contribution is -0.0778. The molecule has 10 nitrogen and oxygen atoms in total. The fraction of sp³-hybridized carbons (Fsp3) is 0.333. The normalized spacial score (nSPS) is 16.5. The Morgan fingerprint density at radius 1 is 1.00 bits per heavy atom. The Kier molecular flexibility index (Phi) is 5.58. The second-order valence-electron chi connectivity index (χ2n) is 4.54. The first-order valence-corrected chi connectivity index (χ1v) is 6.67. The van der Waals surface area contributed by atoms with Crippen LogP contribution in [0.3, 0.4) is 0 Å². The first-order chi connectivity index (χ1) is 11.0. The lowest BCUT2D eigenvalue weighted by Gasteiger charge is -2.25. The molecule has 0 aliphatic carbocycles. The average Bonchev–Trinajstić information content (AvgIpc) is 3.25. The molecule has 5 N–H and O–H groups in total. The molecule has 2 aromatic rings. The maximum atomic E-state index is 12.0. The molecule has 0 fully saturated rings. The molecule has 11 heteroatoms. The number of aliphatic hydroxyl groups is 3. The van der Waals surface area contributed by atoms with E-state index in [0.717, 1.165) is 0 Å². The van der Waals surface area contributed by atoms with Gasteiger partial charge in [0.1, 0.15) is 18.3 Å². The number of carbonyl (C=O) groups excluding carboxylic acids is 2. The van der Waals surface area contributed by atoms with Crippen LogP contribution < -0.4 is 0 Å². The molecule has 2 aromatic heterocycles. The van der Waals surface area contributed by atoms with Crippen LogP contribution in [0.1, 0.15) is 21.2 Å². The Morgan fingerprint density at radius 2 is 1.52 bits per heavy atom. The monoisotopic (exact) mass is 344 g/mol. The van der Waals surface area contributed by atoms with Gasteiger partial charge in [0.2, 0.25) is 11.6 Å². The number of imidazole rings is 2. The van der Waals surface area contributed by atoms with Crippen molar-refractivity contribution in [1.82, 2.24) is 19.9 Å². The summed E-state index contributed by atoms with van der Waals surface area (Å²) in [6, 6.07) is 0. The summed E-state index contributed by atoms with van der Waals surface area (Å²) >= 11 is 5.18. The first-order valence-electron chi connectivity index (χ1n) is 6.36. The highest BCUT2D eigenvalue weighted by atomic mass is 35.5. The van der Waals surface area contributed by atoms with Crippen LogP contribution in [0.25, 0.3) is 0 Å². The Balaban J connectivity index is 2.11. The van der Waals surface area contributed by atoms with E-state index in [1.807, 2.05) is 0 Å². The van der Waals surface area contributed by atoms with Gasteiger partial charge in [0.05, 0.1) is 11.9 Å². The second kappa shape index (κ2) is 7.44. The summed E-state index contributed by atoms with van der Waals surface area (Å²) < 4.78 is 4.35. The molecule has 0 saturated heterocycles. The van der Waals surface area contributed by atoms with Gasteiger partial charge in [0, 0.05) is 24.8 Å². The number of ketones is 2. The summed E-state index contributed by atoms with van der Waals surface area (Å²) in [6.45, 7) is 0. The quantitative estimate of drug-likeness (QED) is 0.374. The third-order valence-corrected chi connectivity index (χ3v) is 3.26. The van der Waals surface area contributed by atoms with Crippen LogP contribution in [0, 0.1) is 0 Å². The predicted octanol–water partition coefficient (Wildman–Crippen LogP) is -1.18. The minimum Gasteiger partial charge on any atom is -0.387 e. The molecule has 0 radical (unpaired) electrons. The van der Waals surface area contributed by atoms with Gasteiger partial charge in [-0.15, -0.1) is 0 Å². The molecular weight excluding hydrogens is 332 g/mol. The molecule has 2 heterocycles. The summed E-state index contributed by atoms with van der Waals surface area (Å²) in [6.07, 6.45) is -2.57. The number of hydrogen-bond acceptors (Lipinski definition) is 8. The molecule has 23 heavy (non-hydrogen) atoms. The van der Waals surface area contributed by atoms with Crippen molar-refractivity contribution in [3.8, 4) is 0 Å². The largest absolute Gasteiger partial charge is 0.387 e. The minimum atomic E-state index is -2.05. The van der Waals surface area contributed by atoms with Crippen molar-refractivity contribution in [1.29, 1.82) is 0 Å². The second-order valence-corrected chi connectivity index (χ2v) is 4.72. The lowest BCUT2D eigenvalue weighted by atomic mass is 9.97. The molecule has 124 valence electrons. The van der Waals surface area contributed by atoms with E-state index in [1.54, 1.807) is 0 Å². The fourth-order valence-corrected chi connectivity index (χ4v) is 2.03. The van der Waals surface area contributed by atoms with Gasteiger partial charge >= 0.3 is 0 Å². The molecule has 4 atom stereocenters. The number of aromatic nitrogens is 4. The van der Waals surface area contributed by atoms with Crippen LogP contribution in [0.2, 0.25) is 0 Å². The fourth-order valence-electron chi connectivity index (χ4n) is 1.84. The zero-order valence-corrected chi connectivity index (χ0v) is 12.2. The van der Waals surface area contributed by atoms with Gasteiger partial charge in [0.15, 0.2) is 17.8 Å². The number of aromatic amines is 2. The van der Waals surface area contributed by atoms with Crippen molar-refractivity contribution in [2.24, 2.45) is 0 Å². The van der Waals surface area contributed by atoms with Crippen LogP contribution in [0.15, 0.2) is 24.8 Å². The molecule has 0 spiro atoms. The SMILES string of the molecule is O=C(c1ncc[nH]1)C(O)C(O)C(O)C(OCl)C(=O)c1ncc[nH]1. The van der Waals surface area contributed by atoms with Gasteiger partial charge in [-0.25, -0.2) is 9.97 Å². The van der Waals surface area contributed by atoms with Crippen molar-refractivity contribution in [2.45, 2.75) is 24.4 Å². The number of aliphatic hydroxyl groups excluding tert-OH is 3. The molecular formula is C12H13ClN4O6. The summed E-state index contributed by atoms with van der Waals surface area (Å²) in [4.78, 5) is 36.1. The number of hydrogen-bond donors (Lipinski definition) is 5. The van der Waals surface area contributed by atoms with E-state index in [0.29, 0.717) is 0 Å². The van der Waals surface area contributed by atoms with Crippen LogP contribution >= 0.6 is 11.9 Å². The summed E-state index contributed by atoms with van der Waals surface area (Å²) in [7, 11) is 0. The Morgan fingerprint density at radius 3 is 1.96 bits per heavy atom. The van der Waals surface area contributed by atoms with E-state index >= 15 is 0 Å². The van der Waals surface area contributed by atoms with Crippen molar-refractivity contribution >= 4 is 23.4 Å². The van der Waals surface area contributed by atoms with Gasteiger partial charge < -0.3 is 25.3 Å². The van der Waals surface area contributed by atoms with Crippen molar-refractivity contribution in [3.05, 3.63) is 36.4 Å². The highest BCUT2D eigenvalue weighted by molar-refractivity contribution is 6.10. The smallest absolute Gasteiger partial charge is 0.231 e. The third kappa shape index (κ3) is 3.63. The summed E-state index contributed by atoms with van der Waals surface area (Å²) in [5.41, 5.74) is 0. The van der Waals surface area contributed by atoms with Crippen molar-refractivity contribution < 1.29 is 29.2 Å². The molecule has 0 aliphatic rings. The van der Waals surface area contributed by atoms with Gasteiger partial charge in [-0.05, 0) is 0 Å². The van der Waals surface area contributed by atoms with Crippen LogP contribution in [-0.4, -0.2) is 71.2 Å². The highest BCUT2D eigenvalue weighted by Gasteiger charge is 2.40. The van der Waals surface area contributed by atoms with Gasteiger partial charge in [-0.2, -0.15) is 0 Å². The third-order valence-electron chi connectivity index (χ3n) is 3.07. The van der Waals surface area contributed by atoms with Gasteiger partial charge in [-0.1, -0.05) is 0 Å². The standard InChI is InChI=1S/C12H13ClN4O6/c13-23-10(9(22)12-16-3-4-17-12)7(20)5(18)6(19)8(21)11-14-1-2-15-11/h1-7,10,18-20H,(H,14,15)(H,16,17). The van der Waals surface area contributed by atoms with Crippen LogP contribution in [0.5, 0.6) is 0 Å². The molecule has 0 bridgehead atoms.